The van der Waals surface area contributed by atoms with Crippen molar-refractivity contribution in [2.24, 2.45) is 0 Å². The van der Waals surface area contributed by atoms with Gasteiger partial charge in [-0.3, -0.25) is 9.59 Å². The van der Waals surface area contributed by atoms with Gasteiger partial charge in [0.1, 0.15) is 16.5 Å². The summed E-state index contributed by atoms with van der Waals surface area (Å²) in [5.41, 5.74) is 4.98. The van der Waals surface area contributed by atoms with Crippen LogP contribution in [-0.2, 0) is 9.59 Å². The van der Waals surface area contributed by atoms with E-state index in [4.69, 9.17) is 16.3 Å². The van der Waals surface area contributed by atoms with Gasteiger partial charge in [0.25, 0.3) is 11.8 Å². The Kier molecular flexibility index (Phi) is 6.26. The number of ether oxygens (including phenoxy) is 1. The topological polar surface area (TPSA) is 75.7 Å². The van der Waals surface area contributed by atoms with E-state index in [1.807, 2.05) is 58.0 Å². The van der Waals surface area contributed by atoms with E-state index in [1.54, 1.807) is 30.3 Å². The summed E-state index contributed by atoms with van der Waals surface area (Å²) in [4.78, 5) is 39.4. The van der Waals surface area contributed by atoms with Gasteiger partial charge in [-0.25, -0.2) is 9.69 Å². The van der Waals surface area contributed by atoms with Crippen LogP contribution in [0, 0.1) is 27.7 Å². The molecule has 0 saturated carbocycles. The largest absolute Gasteiger partial charge is 0.423 e. The van der Waals surface area contributed by atoms with E-state index in [2.05, 4.69) is 5.32 Å². The fraction of sp³-hybridized carbons (Fsp3) is 0.148. The lowest BCUT2D eigenvalue weighted by Crippen LogP contribution is -2.32. The van der Waals surface area contributed by atoms with Crippen molar-refractivity contribution in [3.05, 3.63) is 99.2 Å². The molecule has 0 aliphatic carbocycles. The Balaban J connectivity index is 1.50. The third kappa shape index (κ3) is 4.45. The lowest BCUT2D eigenvalue weighted by molar-refractivity contribution is -0.120. The highest BCUT2D eigenvalue weighted by atomic mass is 35.5. The number of carbonyl (C=O) groups is 3. The van der Waals surface area contributed by atoms with Crippen LogP contribution in [0.3, 0.4) is 0 Å². The summed E-state index contributed by atoms with van der Waals surface area (Å²) < 4.78 is 5.52. The molecular formula is C27H23ClN2O4. The minimum absolute atomic E-state index is 0.0163. The highest BCUT2D eigenvalue weighted by Gasteiger charge is 2.39. The molecule has 6 nitrogen and oxygen atoms in total. The average molecular weight is 475 g/mol. The molecule has 3 aromatic rings. The predicted octanol–water partition coefficient (Wildman–Crippen LogP) is 5.58. The van der Waals surface area contributed by atoms with Crippen molar-refractivity contribution in [1.29, 1.82) is 0 Å². The van der Waals surface area contributed by atoms with Crippen molar-refractivity contribution >= 4 is 40.8 Å². The number of halogens is 1. The van der Waals surface area contributed by atoms with Gasteiger partial charge in [0.05, 0.1) is 11.3 Å². The molecule has 7 heteroatoms. The van der Waals surface area contributed by atoms with E-state index in [0.29, 0.717) is 22.7 Å². The molecular weight excluding hydrogens is 452 g/mol. The van der Waals surface area contributed by atoms with Crippen LogP contribution >= 0.6 is 11.6 Å². The molecule has 2 amide bonds. The first-order chi connectivity index (χ1) is 16.2. The number of hydrogen-bond donors (Lipinski definition) is 1. The summed E-state index contributed by atoms with van der Waals surface area (Å²) in [5.74, 6) is -1.12. The molecule has 0 aromatic heterocycles. The Morgan fingerprint density at radius 3 is 2.15 bits per heavy atom. The zero-order chi connectivity index (χ0) is 24.6. The van der Waals surface area contributed by atoms with Crippen LogP contribution in [0.4, 0.5) is 11.4 Å². The molecule has 0 fully saturated rings. The van der Waals surface area contributed by atoms with E-state index >= 15 is 0 Å². The molecule has 0 spiro atoms. The monoisotopic (exact) mass is 474 g/mol. The minimum Gasteiger partial charge on any atom is -0.423 e. The van der Waals surface area contributed by atoms with Crippen molar-refractivity contribution in [1.82, 2.24) is 0 Å². The maximum Gasteiger partial charge on any atom is 0.343 e. The molecule has 0 unspecified atom stereocenters. The number of benzene rings is 3. The van der Waals surface area contributed by atoms with Crippen molar-refractivity contribution in [3.63, 3.8) is 0 Å². The Labute approximate surface area is 202 Å². The molecule has 0 atom stereocenters. The number of aryl methyl sites for hydroxylation is 4. The van der Waals surface area contributed by atoms with E-state index in [1.165, 1.54) is 0 Å². The van der Waals surface area contributed by atoms with Crippen LogP contribution in [0.25, 0.3) is 0 Å². The Morgan fingerprint density at radius 2 is 1.47 bits per heavy atom. The van der Waals surface area contributed by atoms with Crippen molar-refractivity contribution in [3.8, 4) is 5.75 Å². The Morgan fingerprint density at radius 1 is 0.824 bits per heavy atom. The van der Waals surface area contributed by atoms with Crippen molar-refractivity contribution in [2.45, 2.75) is 27.7 Å². The smallest absolute Gasteiger partial charge is 0.343 e. The fourth-order valence-corrected chi connectivity index (χ4v) is 3.91. The molecule has 1 aliphatic rings. The van der Waals surface area contributed by atoms with Gasteiger partial charge in [-0.1, -0.05) is 41.4 Å². The van der Waals surface area contributed by atoms with Gasteiger partial charge in [-0.15, -0.1) is 0 Å². The number of amides is 2. The molecule has 1 N–H and O–H groups in total. The van der Waals surface area contributed by atoms with Gasteiger partial charge in [0.15, 0.2) is 0 Å². The lowest BCUT2D eigenvalue weighted by Gasteiger charge is -2.18. The van der Waals surface area contributed by atoms with E-state index in [9.17, 15) is 14.4 Å². The molecule has 0 radical (unpaired) electrons. The zero-order valence-corrected chi connectivity index (χ0v) is 20.0. The van der Waals surface area contributed by atoms with Crippen LogP contribution in [0.5, 0.6) is 5.75 Å². The first-order valence-corrected chi connectivity index (χ1v) is 11.1. The minimum atomic E-state index is -0.588. The van der Waals surface area contributed by atoms with Crippen LogP contribution in [0.1, 0.15) is 32.6 Å². The highest BCUT2D eigenvalue weighted by Crippen LogP contribution is 2.32. The first kappa shape index (κ1) is 23.3. The van der Waals surface area contributed by atoms with E-state index < -0.39 is 17.8 Å². The number of rotatable bonds is 5. The maximum absolute atomic E-state index is 13.0. The summed E-state index contributed by atoms with van der Waals surface area (Å²) >= 11 is 6.23. The number of carbonyl (C=O) groups excluding carboxylic acids is 3. The standard InChI is InChI=1S/C27H23ClN2O4/c1-15-6-12-21(18(4)13-15)30-25(31)23(28)24(26(30)32)29-20-10-8-19(9-11-20)27(33)34-22-14-16(2)5-7-17(22)3/h5-14,29H,1-4H3. The average Bonchev–Trinajstić information content (AvgIpc) is 3.00. The summed E-state index contributed by atoms with van der Waals surface area (Å²) in [6.45, 7) is 7.56. The molecule has 34 heavy (non-hydrogen) atoms. The number of esters is 1. The van der Waals surface area contributed by atoms with Gasteiger partial charge >= 0.3 is 5.97 Å². The summed E-state index contributed by atoms with van der Waals surface area (Å²) in [7, 11) is 0. The number of nitrogens with zero attached hydrogens (tertiary/aromatic N) is 1. The van der Waals surface area contributed by atoms with Gasteiger partial charge in [-0.05, 0) is 80.8 Å². The van der Waals surface area contributed by atoms with Crippen molar-refractivity contribution in [2.75, 3.05) is 10.2 Å². The third-order valence-corrected chi connectivity index (χ3v) is 5.91. The van der Waals surface area contributed by atoms with E-state index in [-0.39, 0.29) is 10.7 Å². The summed E-state index contributed by atoms with van der Waals surface area (Å²) in [6, 6.07) is 17.5. The molecule has 4 rings (SSSR count). The van der Waals surface area contributed by atoms with Crippen LogP contribution in [0.2, 0.25) is 0 Å². The normalized spacial score (nSPS) is 13.5. The first-order valence-electron chi connectivity index (χ1n) is 10.7. The molecule has 1 heterocycles. The highest BCUT2D eigenvalue weighted by molar-refractivity contribution is 6.53. The quantitative estimate of drug-likeness (QED) is 0.297. The van der Waals surface area contributed by atoms with Gasteiger partial charge < -0.3 is 10.1 Å². The van der Waals surface area contributed by atoms with Gasteiger partial charge in [0.2, 0.25) is 0 Å². The van der Waals surface area contributed by atoms with Gasteiger partial charge in [0, 0.05) is 5.69 Å². The lowest BCUT2D eigenvalue weighted by atomic mass is 10.1. The molecule has 1 aliphatic heterocycles. The summed E-state index contributed by atoms with van der Waals surface area (Å²) in [5, 5.41) is 2.73. The number of imide groups is 1. The number of anilines is 2. The Hall–Kier alpha value is -3.90. The fourth-order valence-electron chi connectivity index (χ4n) is 3.70. The SMILES string of the molecule is Cc1ccc(N2C(=O)C(Cl)=C(Nc3ccc(C(=O)Oc4cc(C)ccc4C)cc3)C2=O)c(C)c1. The molecule has 3 aromatic carbocycles. The van der Waals surface area contributed by atoms with Crippen LogP contribution in [0.15, 0.2) is 71.4 Å². The maximum atomic E-state index is 13.0. The number of hydrogen-bond acceptors (Lipinski definition) is 5. The van der Waals surface area contributed by atoms with Crippen LogP contribution < -0.4 is 15.0 Å². The predicted molar refractivity (Wildman–Crippen MR) is 132 cm³/mol. The zero-order valence-electron chi connectivity index (χ0n) is 19.2. The second-order valence-electron chi connectivity index (χ2n) is 8.29. The third-order valence-electron chi connectivity index (χ3n) is 5.56. The van der Waals surface area contributed by atoms with E-state index in [0.717, 1.165) is 27.2 Å². The number of nitrogens with one attached hydrogen (secondary N) is 1. The molecule has 0 saturated heterocycles. The summed E-state index contributed by atoms with van der Waals surface area (Å²) in [6.07, 6.45) is 0. The second-order valence-corrected chi connectivity index (χ2v) is 8.66. The molecule has 172 valence electrons. The second kappa shape index (κ2) is 9.15. The van der Waals surface area contributed by atoms with Gasteiger partial charge in [-0.2, -0.15) is 0 Å². The molecule has 0 bridgehead atoms. The van der Waals surface area contributed by atoms with Crippen molar-refractivity contribution < 1.29 is 19.1 Å². The Bertz CT molecular complexity index is 1360. The van der Waals surface area contributed by atoms with Crippen LogP contribution in [-0.4, -0.2) is 17.8 Å².